The molecule has 0 saturated heterocycles. The molecule has 0 spiro atoms. The summed E-state index contributed by atoms with van der Waals surface area (Å²) in [5, 5.41) is 7.64. The molecule has 0 aliphatic rings. The topological polar surface area (TPSA) is 83.8 Å². The molecule has 0 fully saturated rings. The van der Waals surface area contributed by atoms with E-state index in [1.165, 1.54) is 6.33 Å². The standard InChI is InChI=1S/C12H10N4OS/c13-9-3-8-10(14-6-15-12(8)17)4-11(9)16-7-1-2-18-5-7/h1-6,16H,13H2,(H,14,15,17). The third-order valence-electron chi connectivity index (χ3n) is 2.61. The van der Waals surface area contributed by atoms with E-state index < -0.39 is 0 Å². The first-order chi connectivity index (χ1) is 8.74. The van der Waals surface area contributed by atoms with Gasteiger partial charge < -0.3 is 16.0 Å². The number of nitrogen functional groups attached to an aromatic ring is 1. The monoisotopic (exact) mass is 258 g/mol. The number of aromatic nitrogens is 2. The fraction of sp³-hybridized carbons (Fsp3) is 0. The molecule has 6 heteroatoms. The van der Waals surface area contributed by atoms with Gasteiger partial charge in [0, 0.05) is 11.1 Å². The van der Waals surface area contributed by atoms with Crippen LogP contribution in [0, 0.1) is 0 Å². The Morgan fingerprint density at radius 3 is 3.06 bits per heavy atom. The number of hydrogen-bond donors (Lipinski definition) is 3. The van der Waals surface area contributed by atoms with E-state index in [9.17, 15) is 4.79 Å². The quantitative estimate of drug-likeness (QED) is 0.616. The predicted molar refractivity (Wildman–Crippen MR) is 74.4 cm³/mol. The van der Waals surface area contributed by atoms with Crippen molar-refractivity contribution >= 4 is 39.3 Å². The molecule has 0 atom stereocenters. The highest BCUT2D eigenvalue weighted by molar-refractivity contribution is 7.08. The van der Waals surface area contributed by atoms with Gasteiger partial charge in [-0.25, -0.2) is 4.98 Å². The van der Waals surface area contributed by atoms with Gasteiger partial charge in [-0.15, -0.1) is 0 Å². The summed E-state index contributed by atoms with van der Waals surface area (Å²) in [5.74, 6) is 0. The lowest BCUT2D eigenvalue weighted by Gasteiger charge is -2.08. The number of nitrogens with two attached hydrogens (primary N) is 1. The zero-order chi connectivity index (χ0) is 12.5. The lowest BCUT2D eigenvalue weighted by molar-refractivity contribution is 1.17. The van der Waals surface area contributed by atoms with Crippen LogP contribution in [0.2, 0.25) is 0 Å². The van der Waals surface area contributed by atoms with Crippen molar-refractivity contribution in [3.05, 3.63) is 45.6 Å². The van der Waals surface area contributed by atoms with E-state index >= 15 is 0 Å². The molecular formula is C12H10N4OS. The molecule has 2 heterocycles. The van der Waals surface area contributed by atoms with Gasteiger partial charge in [0.15, 0.2) is 0 Å². The molecule has 3 rings (SSSR count). The molecule has 1 aromatic carbocycles. The fourth-order valence-corrected chi connectivity index (χ4v) is 2.32. The molecule has 0 bridgehead atoms. The summed E-state index contributed by atoms with van der Waals surface area (Å²) < 4.78 is 0. The van der Waals surface area contributed by atoms with Gasteiger partial charge in [-0.1, -0.05) is 0 Å². The third-order valence-corrected chi connectivity index (χ3v) is 3.30. The van der Waals surface area contributed by atoms with E-state index in [0.717, 1.165) is 11.4 Å². The van der Waals surface area contributed by atoms with Crippen LogP contribution in [0.4, 0.5) is 17.1 Å². The van der Waals surface area contributed by atoms with Gasteiger partial charge in [-0.2, -0.15) is 11.3 Å². The number of anilines is 3. The molecular weight excluding hydrogens is 248 g/mol. The minimum absolute atomic E-state index is 0.186. The van der Waals surface area contributed by atoms with E-state index in [2.05, 4.69) is 15.3 Å². The first-order valence-electron chi connectivity index (χ1n) is 5.30. The molecule has 0 aliphatic carbocycles. The van der Waals surface area contributed by atoms with Crippen LogP contribution >= 0.6 is 11.3 Å². The lowest BCUT2D eigenvalue weighted by Crippen LogP contribution is -2.07. The Labute approximate surface area is 106 Å². The van der Waals surface area contributed by atoms with Crippen LogP contribution in [0.25, 0.3) is 10.9 Å². The van der Waals surface area contributed by atoms with E-state index in [1.807, 2.05) is 16.8 Å². The Morgan fingerprint density at radius 1 is 1.39 bits per heavy atom. The summed E-state index contributed by atoms with van der Waals surface area (Å²) in [7, 11) is 0. The maximum absolute atomic E-state index is 11.6. The lowest BCUT2D eigenvalue weighted by atomic mass is 10.2. The van der Waals surface area contributed by atoms with Gasteiger partial charge in [0.05, 0.1) is 28.6 Å². The Bertz CT molecular complexity index is 748. The smallest absolute Gasteiger partial charge is 0.258 e. The first-order valence-corrected chi connectivity index (χ1v) is 6.24. The molecule has 0 aliphatic heterocycles. The normalized spacial score (nSPS) is 10.7. The molecule has 0 unspecified atom stereocenters. The number of nitrogens with zero attached hydrogens (tertiary/aromatic N) is 1. The zero-order valence-electron chi connectivity index (χ0n) is 9.31. The van der Waals surface area contributed by atoms with Crippen molar-refractivity contribution in [1.82, 2.24) is 9.97 Å². The maximum atomic E-state index is 11.6. The van der Waals surface area contributed by atoms with Gasteiger partial charge in [0.1, 0.15) is 0 Å². The molecule has 90 valence electrons. The summed E-state index contributed by atoms with van der Waals surface area (Å²) >= 11 is 1.60. The summed E-state index contributed by atoms with van der Waals surface area (Å²) in [5.41, 5.74) is 8.60. The highest BCUT2D eigenvalue weighted by Crippen LogP contribution is 2.27. The van der Waals surface area contributed by atoms with Crippen molar-refractivity contribution in [3.8, 4) is 0 Å². The molecule has 0 amide bonds. The number of hydrogen-bond acceptors (Lipinski definition) is 5. The van der Waals surface area contributed by atoms with Gasteiger partial charge in [0.2, 0.25) is 0 Å². The molecule has 3 aromatic rings. The second-order valence-corrected chi connectivity index (χ2v) is 4.61. The van der Waals surface area contributed by atoms with Crippen LogP contribution in [0.1, 0.15) is 0 Å². The van der Waals surface area contributed by atoms with Crippen molar-refractivity contribution in [3.63, 3.8) is 0 Å². The van der Waals surface area contributed by atoms with Crippen LogP contribution in [0.5, 0.6) is 0 Å². The van der Waals surface area contributed by atoms with Crippen LogP contribution in [-0.4, -0.2) is 9.97 Å². The predicted octanol–water partition coefficient (Wildman–Crippen LogP) is 2.31. The van der Waals surface area contributed by atoms with Gasteiger partial charge in [-0.05, 0) is 23.6 Å². The number of fused-ring (bicyclic) bond motifs is 1. The molecule has 0 saturated carbocycles. The zero-order valence-corrected chi connectivity index (χ0v) is 10.1. The summed E-state index contributed by atoms with van der Waals surface area (Å²) in [6.45, 7) is 0. The van der Waals surface area contributed by atoms with Gasteiger partial charge in [0.25, 0.3) is 5.56 Å². The molecule has 0 radical (unpaired) electrons. The number of thiophene rings is 1. The molecule has 4 N–H and O–H groups in total. The second kappa shape index (κ2) is 4.15. The van der Waals surface area contributed by atoms with E-state index in [-0.39, 0.29) is 5.56 Å². The Morgan fingerprint density at radius 2 is 2.28 bits per heavy atom. The maximum Gasteiger partial charge on any atom is 0.258 e. The largest absolute Gasteiger partial charge is 0.397 e. The number of nitrogens with one attached hydrogen (secondary N) is 2. The van der Waals surface area contributed by atoms with Gasteiger partial charge >= 0.3 is 0 Å². The van der Waals surface area contributed by atoms with Crippen molar-refractivity contribution in [2.75, 3.05) is 11.1 Å². The molecule has 2 aromatic heterocycles. The number of H-pyrrole nitrogens is 1. The third kappa shape index (κ3) is 1.82. The summed E-state index contributed by atoms with van der Waals surface area (Å²) in [6, 6.07) is 5.37. The number of rotatable bonds is 2. The highest BCUT2D eigenvalue weighted by atomic mass is 32.1. The SMILES string of the molecule is Nc1cc2c(=O)[nH]cnc2cc1Nc1ccsc1. The average Bonchev–Trinajstić information content (AvgIpc) is 2.84. The van der Waals surface area contributed by atoms with Crippen molar-refractivity contribution in [2.24, 2.45) is 0 Å². The fourth-order valence-electron chi connectivity index (χ4n) is 1.73. The van der Waals surface area contributed by atoms with Crippen molar-refractivity contribution in [1.29, 1.82) is 0 Å². The minimum Gasteiger partial charge on any atom is -0.397 e. The molecule has 18 heavy (non-hydrogen) atoms. The Balaban J connectivity index is 2.13. The van der Waals surface area contributed by atoms with Crippen LogP contribution in [0.15, 0.2) is 40.1 Å². The van der Waals surface area contributed by atoms with Crippen molar-refractivity contribution in [2.45, 2.75) is 0 Å². The Kier molecular flexibility index (Phi) is 2.49. The van der Waals surface area contributed by atoms with Crippen LogP contribution in [0.3, 0.4) is 0 Å². The van der Waals surface area contributed by atoms with E-state index in [1.54, 1.807) is 23.5 Å². The van der Waals surface area contributed by atoms with Crippen LogP contribution < -0.4 is 16.6 Å². The summed E-state index contributed by atoms with van der Waals surface area (Å²) in [6.07, 6.45) is 1.38. The Hall–Kier alpha value is -2.34. The summed E-state index contributed by atoms with van der Waals surface area (Å²) in [4.78, 5) is 18.2. The highest BCUT2D eigenvalue weighted by Gasteiger charge is 2.06. The first kappa shape index (κ1) is 10.8. The van der Waals surface area contributed by atoms with E-state index in [0.29, 0.717) is 16.6 Å². The van der Waals surface area contributed by atoms with Gasteiger partial charge in [-0.3, -0.25) is 4.79 Å². The molecule has 5 nitrogen and oxygen atoms in total. The minimum atomic E-state index is -0.186. The van der Waals surface area contributed by atoms with E-state index in [4.69, 9.17) is 5.73 Å². The average molecular weight is 258 g/mol. The number of aromatic amines is 1. The van der Waals surface area contributed by atoms with Crippen molar-refractivity contribution < 1.29 is 0 Å². The van der Waals surface area contributed by atoms with Crippen LogP contribution in [-0.2, 0) is 0 Å². The number of benzene rings is 1. The second-order valence-electron chi connectivity index (χ2n) is 3.83.